The van der Waals surface area contributed by atoms with Gasteiger partial charge in [0, 0.05) is 5.02 Å². The van der Waals surface area contributed by atoms with Crippen LogP contribution in [-0.2, 0) is 14.8 Å². The molecule has 0 saturated carbocycles. The number of anilines is 1. The van der Waals surface area contributed by atoms with E-state index in [4.69, 9.17) is 16.3 Å². The van der Waals surface area contributed by atoms with Crippen LogP contribution < -0.4 is 10.1 Å². The standard InChI is InChI=1S/C23H20ClN3O4S2/c1-15-7-10-17(11-8-15)33(29,30)27-20-6-4-3-5-18(20)26-23(27)32-14-22(28)25-19-13-16(24)9-12-21(19)31-2/h3-13H,14H2,1-2H3,(H,25,28). The Morgan fingerprint density at radius 3 is 2.58 bits per heavy atom. The zero-order chi connectivity index (χ0) is 23.6. The number of rotatable bonds is 7. The lowest BCUT2D eigenvalue weighted by molar-refractivity contribution is -0.113. The van der Waals surface area contributed by atoms with E-state index in [9.17, 15) is 13.2 Å². The lowest BCUT2D eigenvalue weighted by atomic mass is 10.2. The van der Waals surface area contributed by atoms with Gasteiger partial charge in [0.25, 0.3) is 10.0 Å². The molecule has 1 heterocycles. The molecule has 0 spiro atoms. The molecule has 1 amide bonds. The third kappa shape index (κ3) is 4.85. The summed E-state index contributed by atoms with van der Waals surface area (Å²) >= 11 is 7.05. The third-order valence-corrected chi connectivity index (χ3v) is 7.83. The van der Waals surface area contributed by atoms with E-state index in [-0.39, 0.29) is 21.7 Å². The molecule has 0 aliphatic carbocycles. The highest BCUT2D eigenvalue weighted by atomic mass is 35.5. The number of methoxy groups -OCH3 is 1. The number of nitrogens with zero attached hydrogens (tertiary/aromatic N) is 2. The van der Waals surface area contributed by atoms with Gasteiger partial charge in [-0.15, -0.1) is 0 Å². The Balaban J connectivity index is 1.64. The number of fused-ring (bicyclic) bond motifs is 1. The van der Waals surface area contributed by atoms with Gasteiger partial charge in [-0.2, -0.15) is 0 Å². The van der Waals surface area contributed by atoms with E-state index < -0.39 is 10.0 Å². The lowest BCUT2D eigenvalue weighted by Gasteiger charge is -2.12. The Bertz CT molecular complexity index is 1430. The van der Waals surface area contributed by atoms with Gasteiger partial charge in [-0.1, -0.05) is 53.2 Å². The van der Waals surface area contributed by atoms with Crippen molar-refractivity contribution in [2.24, 2.45) is 0 Å². The number of amides is 1. The first-order chi connectivity index (χ1) is 15.8. The van der Waals surface area contributed by atoms with Crippen molar-refractivity contribution in [1.82, 2.24) is 8.96 Å². The number of carbonyl (C=O) groups excluding carboxylic acids is 1. The molecule has 10 heteroatoms. The molecule has 0 unspecified atom stereocenters. The number of halogens is 1. The van der Waals surface area contributed by atoms with Gasteiger partial charge in [-0.3, -0.25) is 4.79 Å². The number of para-hydroxylation sites is 2. The van der Waals surface area contributed by atoms with E-state index in [2.05, 4.69) is 10.3 Å². The molecule has 0 aliphatic rings. The first-order valence-corrected chi connectivity index (χ1v) is 12.7. The van der Waals surface area contributed by atoms with Crippen LogP contribution in [0, 0.1) is 6.92 Å². The smallest absolute Gasteiger partial charge is 0.270 e. The average Bonchev–Trinajstić information content (AvgIpc) is 3.17. The van der Waals surface area contributed by atoms with Gasteiger partial charge in [0.05, 0.1) is 34.5 Å². The van der Waals surface area contributed by atoms with Crippen molar-refractivity contribution in [2.45, 2.75) is 17.0 Å². The fraction of sp³-hybridized carbons (Fsp3) is 0.130. The van der Waals surface area contributed by atoms with Crippen molar-refractivity contribution in [2.75, 3.05) is 18.2 Å². The second-order valence-electron chi connectivity index (χ2n) is 7.15. The summed E-state index contributed by atoms with van der Waals surface area (Å²) < 4.78 is 33.4. The number of ether oxygens (including phenoxy) is 1. The number of carbonyl (C=O) groups is 1. The molecule has 0 saturated heterocycles. The van der Waals surface area contributed by atoms with Crippen LogP contribution in [0.2, 0.25) is 5.02 Å². The van der Waals surface area contributed by atoms with Gasteiger partial charge < -0.3 is 10.1 Å². The predicted molar refractivity (Wildman–Crippen MR) is 131 cm³/mol. The minimum absolute atomic E-state index is 0.0671. The molecule has 1 aromatic heterocycles. The maximum atomic E-state index is 13.5. The van der Waals surface area contributed by atoms with Crippen LogP contribution >= 0.6 is 23.4 Å². The van der Waals surface area contributed by atoms with Crippen LogP contribution in [0.1, 0.15) is 5.56 Å². The third-order valence-electron chi connectivity index (χ3n) is 4.82. The number of thioether (sulfide) groups is 1. The molecule has 0 aliphatic heterocycles. The van der Waals surface area contributed by atoms with Crippen LogP contribution in [0.5, 0.6) is 5.75 Å². The van der Waals surface area contributed by atoms with Crippen molar-refractivity contribution >= 4 is 56.0 Å². The van der Waals surface area contributed by atoms with Gasteiger partial charge in [-0.05, 0) is 49.4 Å². The molecule has 0 radical (unpaired) electrons. The summed E-state index contributed by atoms with van der Waals surface area (Å²) in [6.07, 6.45) is 0. The number of aromatic nitrogens is 2. The quantitative estimate of drug-likeness (QED) is 0.359. The Labute approximate surface area is 200 Å². The van der Waals surface area contributed by atoms with Crippen molar-refractivity contribution < 1.29 is 17.9 Å². The van der Waals surface area contributed by atoms with Gasteiger partial charge in [0.2, 0.25) is 5.91 Å². The molecular weight excluding hydrogens is 482 g/mol. The Hall–Kier alpha value is -3.01. The summed E-state index contributed by atoms with van der Waals surface area (Å²) in [7, 11) is -2.44. The molecular formula is C23H20ClN3O4S2. The zero-order valence-corrected chi connectivity index (χ0v) is 20.2. The van der Waals surface area contributed by atoms with E-state index in [0.29, 0.717) is 27.5 Å². The molecule has 1 N–H and O–H groups in total. The molecule has 4 rings (SSSR count). The zero-order valence-electron chi connectivity index (χ0n) is 17.8. The van der Waals surface area contributed by atoms with E-state index in [1.165, 1.54) is 11.1 Å². The summed E-state index contributed by atoms with van der Waals surface area (Å²) in [5.41, 5.74) is 2.34. The van der Waals surface area contributed by atoms with Crippen molar-refractivity contribution in [3.8, 4) is 5.75 Å². The van der Waals surface area contributed by atoms with E-state index in [0.717, 1.165) is 17.3 Å². The average molecular weight is 502 g/mol. The summed E-state index contributed by atoms with van der Waals surface area (Å²) in [6.45, 7) is 1.89. The number of hydrogen-bond acceptors (Lipinski definition) is 6. The second-order valence-corrected chi connectivity index (χ2v) is 10.3. The number of benzene rings is 3. The lowest BCUT2D eigenvalue weighted by Crippen LogP contribution is -2.17. The number of aryl methyl sites for hydroxylation is 1. The number of hydrogen-bond donors (Lipinski definition) is 1. The monoisotopic (exact) mass is 501 g/mol. The highest BCUT2D eigenvalue weighted by Crippen LogP contribution is 2.31. The first kappa shape index (κ1) is 23.2. The molecule has 7 nitrogen and oxygen atoms in total. The van der Waals surface area contributed by atoms with E-state index >= 15 is 0 Å². The minimum atomic E-state index is -3.93. The number of nitrogens with one attached hydrogen (secondary N) is 1. The molecule has 170 valence electrons. The fourth-order valence-corrected chi connectivity index (χ4v) is 5.90. The molecule has 3 aromatic carbocycles. The molecule has 0 fully saturated rings. The van der Waals surface area contributed by atoms with Crippen LogP contribution in [0.15, 0.2) is 76.8 Å². The van der Waals surface area contributed by atoms with Crippen LogP contribution in [0.25, 0.3) is 11.0 Å². The number of imidazole rings is 1. The Morgan fingerprint density at radius 1 is 1.12 bits per heavy atom. The maximum Gasteiger partial charge on any atom is 0.270 e. The van der Waals surface area contributed by atoms with E-state index in [1.54, 1.807) is 66.7 Å². The molecule has 33 heavy (non-hydrogen) atoms. The SMILES string of the molecule is COc1ccc(Cl)cc1NC(=O)CSc1nc2ccccc2n1S(=O)(=O)c1ccc(C)cc1. The van der Waals surface area contributed by atoms with E-state index in [1.807, 2.05) is 6.92 Å². The van der Waals surface area contributed by atoms with Gasteiger partial charge in [0.15, 0.2) is 5.16 Å². The van der Waals surface area contributed by atoms with Gasteiger partial charge in [-0.25, -0.2) is 17.4 Å². The normalized spacial score (nSPS) is 11.5. The predicted octanol–water partition coefficient (Wildman–Crippen LogP) is 4.97. The van der Waals surface area contributed by atoms with Crippen molar-refractivity contribution in [3.05, 3.63) is 77.3 Å². The first-order valence-electron chi connectivity index (χ1n) is 9.85. The molecule has 0 atom stereocenters. The van der Waals surface area contributed by atoms with Gasteiger partial charge in [0.1, 0.15) is 5.75 Å². The highest BCUT2D eigenvalue weighted by molar-refractivity contribution is 8.00. The topological polar surface area (TPSA) is 90.3 Å². The highest BCUT2D eigenvalue weighted by Gasteiger charge is 2.25. The van der Waals surface area contributed by atoms with Crippen LogP contribution in [-0.4, -0.2) is 36.1 Å². The summed E-state index contributed by atoms with van der Waals surface area (Å²) in [6, 6.07) is 18.4. The van der Waals surface area contributed by atoms with Crippen molar-refractivity contribution in [1.29, 1.82) is 0 Å². The largest absolute Gasteiger partial charge is 0.495 e. The summed E-state index contributed by atoms with van der Waals surface area (Å²) in [4.78, 5) is 17.2. The molecule has 4 aromatic rings. The maximum absolute atomic E-state index is 13.5. The second kappa shape index (κ2) is 9.46. The van der Waals surface area contributed by atoms with Crippen molar-refractivity contribution in [3.63, 3.8) is 0 Å². The molecule has 0 bridgehead atoms. The van der Waals surface area contributed by atoms with Crippen LogP contribution in [0.4, 0.5) is 5.69 Å². The van der Waals surface area contributed by atoms with Crippen LogP contribution in [0.3, 0.4) is 0 Å². The fourth-order valence-electron chi connectivity index (χ4n) is 3.22. The van der Waals surface area contributed by atoms with Gasteiger partial charge >= 0.3 is 0 Å². The Kier molecular flexibility index (Phi) is 6.64. The summed E-state index contributed by atoms with van der Waals surface area (Å²) in [5, 5.41) is 3.39. The summed E-state index contributed by atoms with van der Waals surface area (Å²) in [5.74, 6) is 0.0430. The Morgan fingerprint density at radius 2 is 1.85 bits per heavy atom. The minimum Gasteiger partial charge on any atom is -0.495 e.